The highest BCUT2D eigenvalue weighted by Crippen LogP contribution is 2.38. The summed E-state index contributed by atoms with van der Waals surface area (Å²) in [5.41, 5.74) is 0.358. The molecule has 0 aliphatic heterocycles. The number of benzene rings is 1. The average Bonchev–Trinajstić information content (AvgIpc) is 2.15. The lowest BCUT2D eigenvalue weighted by molar-refractivity contribution is 0.0169. The number of rotatable bonds is 3. The summed E-state index contributed by atoms with van der Waals surface area (Å²) in [5.74, 6) is -2.36. The first-order valence-electron chi connectivity index (χ1n) is 4.21. The van der Waals surface area contributed by atoms with Crippen LogP contribution >= 0.6 is 27.5 Å². The van der Waals surface area contributed by atoms with Crippen LogP contribution in [0.3, 0.4) is 0 Å². The van der Waals surface area contributed by atoms with Gasteiger partial charge in [-0.15, -0.1) is 11.6 Å². The molecule has 84 valence electrons. The van der Waals surface area contributed by atoms with E-state index in [0.717, 1.165) is 6.92 Å². The van der Waals surface area contributed by atoms with Gasteiger partial charge in [0, 0.05) is 6.92 Å². The highest BCUT2D eigenvalue weighted by Gasteiger charge is 2.33. The lowest BCUT2D eigenvalue weighted by atomic mass is 10.1. The Bertz CT molecular complexity index is 352. The number of hydrogen-bond donors (Lipinski definition) is 0. The normalized spacial score (nSPS) is 13.7. The van der Waals surface area contributed by atoms with Gasteiger partial charge in [-0.2, -0.15) is 0 Å². The van der Waals surface area contributed by atoms with Crippen molar-refractivity contribution < 1.29 is 13.5 Å². The SMILES string of the molecule is COc1ccc(C(Cl)C(C)(F)F)cc1Br. The van der Waals surface area contributed by atoms with E-state index in [9.17, 15) is 8.78 Å². The van der Waals surface area contributed by atoms with E-state index in [-0.39, 0.29) is 0 Å². The smallest absolute Gasteiger partial charge is 0.265 e. The fraction of sp³-hybridized carbons (Fsp3) is 0.400. The summed E-state index contributed by atoms with van der Waals surface area (Å²) in [6, 6.07) is 4.66. The van der Waals surface area contributed by atoms with Crippen molar-refractivity contribution in [2.75, 3.05) is 7.11 Å². The van der Waals surface area contributed by atoms with E-state index in [4.69, 9.17) is 16.3 Å². The molecule has 1 atom stereocenters. The summed E-state index contributed by atoms with van der Waals surface area (Å²) in [6.07, 6.45) is 0. The van der Waals surface area contributed by atoms with Gasteiger partial charge in [-0.25, -0.2) is 8.78 Å². The first-order chi connectivity index (χ1) is 6.86. The van der Waals surface area contributed by atoms with Crippen molar-refractivity contribution in [2.45, 2.75) is 18.2 Å². The van der Waals surface area contributed by atoms with Crippen LogP contribution in [-0.4, -0.2) is 13.0 Å². The third-order valence-electron chi connectivity index (χ3n) is 1.91. The number of halogens is 4. The molecule has 1 nitrogen and oxygen atoms in total. The Morgan fingerprint density at radius 3 is 2.47 bits per heavy atom. The van der Waals surface area contributed by atoms with E-state index in [2.05, 4.69) is 15.9 Å². The second-order valence-corrected chi connectivity index (χ2v) is 4.50. The molecule has 15 heavy (non-hydrogen) atoms. The van der Waals surface area contributed by atoms with Gasteiger partial charge in [-0.05, 0) is 33.6 Å². The van der Waals surface area contributed by atoms with E-state index in [1.54, 1.807) is 6.07 Å². The molecular formula is C10H10BrClF2O. The highest BCUT2D eigenvalue weighted by atomic mass is 79.9. The summed E-state index contributed by atoms with van der Waals surface area (Å²) < 4.78 is 31.5. The summed E-state index contributed by atoms with van der Waals surface area (Å²) in [4.78, 5) is 0. The minimum absolute atomic E-state index is 0.358. The van der Waals surface area contributed by atoms with Crippen LogP contribution in [0.15, 0.2) is 22.7 Å². The maximum Gasteiger partial charge on any atom is 0.265 e. The van der Waals surface area contributed by atoms with Crippen molar-refractivity contribution in [1.29, 1.82) is 0 Å². The molecule has 0 aliphatic rings. The van der Waals surface area contributed by atoms with Crippen molar-refractivity contribution in [3.8, 4) is 5.75 Å². The lowest BCUT2D eigenvalue weighted by Crippen LogP contribution is -2.17. The molecule has 0 saturated carbocycles. The van der Waals surface area contributed by atoms with Crippen LogP contribution in [0.25, 0.3) is 0 Å². The Hall–Kier alpha value is -0.350. The molecule has 0 bridgehead atoms. The third kappa shape index (κ3) is 3.05. The minimum Gasteiger partial charge on any atom is -0.496 e. The largest absolute Gasteiger partial charge is 0.496 e. The van der Waals surface area contributed by atoms with E-state index in [1.165, 1.54) is 19.2 Å². The van der Waals surface area contributed by atoms with Gasteiger partial charge < -0.3 is 4.74 Å². The molecule has 0 heterocycles. The van der Waals surface area contributed by atoms with Crippen molar-refractivity contribution in [3.63, 3.8) is 0 Å². The molecule has 5 heteroatoms. The molecule has 0 amide bonds. The minimum atomic E-state index is -2.95. The van der Waals surface area contributed by atoms with Crippen LogP contribution in [-0.2, 0) is 0 Å². The van der Waals surface area contributed by atoms with Crippen LogP contribution in [0.4, 0.5) is 8.78 Å². The van der Waals surface area contributed by atoms with Crippen molar-refractivity contribution >= 4 is 27.5 Å². The Balaban J connectivity index is 3.02. The molecule has 0 fully saturated rings. The molecule has 0 aromatic heterocycles. The van der Waals surface area contributed by atoms with Gasteiger partial charge in [0.2, 0.25) is 0 Å². The number of ether oxygens (including phenoxy) is 1. The summed E-state index contributed by atoms with van der Waals surface area (Å²) in [6.45, 7) is 0.794. The number of alkyl halides is 3. The number of hydrogen-bond acceptors (Lipinski definition) is 1. The van der Waals surface area contributed by atoms with Crippen molar-refractivity contribution in [3.05, 3.63) is 28.2 Å². The fourth-order valence-corrected chi connectivity index (χ4v) is 1.83. The molecule has 1 unspecified atom stereocenters. The van der Waals surface area contributed by atoms with E-state index < -0.39 is 11.3 Å². The van der Waals surface area contributed by atoms with Gasteiger partial charge in [0.1, 0.15) is 11.1 Å². The zero-order valence-corrected chi connectivity index (χ0v) is 10.6. The predicted molar refractivity (Wildman–Crippen MR) is 59.9 cm³/mol. The third-order valence-corrected chi connectivity index (χ3v) is 3.17. The quantitative estimate of drug-likeness (QED) is 0.752. The maximum atomic E-state index is 12.9. The Kier molecular flexibility index (Phi) is 3.95. The van der Waals surface area contributed by atoms with Crippen LogP contribution in [0, 0.1) is 0 Å². The highest BCUT2D eigenvalue weighted by molar-refractivity contribution is 9.10. The topological polar surface area (TPSA) is 9.23 Å². The Labute approximate surface area is 101 Å². The molecular weight excluding hydrogens is 289 g/mol. The molecule has 0 aliphatic carbocycles. The molecule has 0 spiro atoms. The van der Waals surface area contributed by atoms with Crippen LogP contribution < -0.4 is 4.74 Å². The zero-order valence-electron chi connectivity index (χ0n) is 8.23. The van der Waals surface area contributed by atoms with Crippen LogP contribution in [0.1, 0.15) is 17.9 Å². The van der Waals surface area contributed by atoms with Gasteiger partial charge >= 0.3 is 0 Å². The fourth-order valence-electron chi connectivity index (χ4n) is 1.13. The molecule has 1 aromatic carbocycles. The molecule has 0 N–H and O–H groups in total. The van der Waals surface area contributed by atoms with Crippen LogP contribution in [0.2, 0.25) is 0 Å². The standard InChI is InChI=1S/C10H10BrClF2O/c1-10(13,14)9(12)6-3-4-8(15-2)7(11)5-6/h3-5,9H,1-2H3. The van der Waals surface area contributed by atoms with E-state index in [0.29, 0.717) is 15.8 Å². The molecule has 0 saturated heterocycles. The van der Waals surface area contributed by atoms with Gasteiger partial charge in [-0.3, -0.25) is 0 Å². The lowest BCUT2D eigenvalue weighted by Gasteiger charge is -2.18. The Morgan fingerprint density at radius 1 is 1.47 bits per heavy atom. The predicted octanol–water partition coefficient (Wildman–Crippen LogP) is 4.39. The monoisotopic (exact) mass is 298 g/mol. The van der Waals surface area contributed by atoms with Crippen molar-refractivity contribution in [2.24, 2.45) is 0 Å². The molecule has 1 aromatic rings. The van der Waals surface area contributed by atoms with Gasteiger partial charge in [0.05, 0.1) is 11.6 Å². The van der Waals surface area contributed by atoms with E-state index in [1.807, 2.05) is 0 Å². The maximum absolute atomic E-state index is 12.9. The molecule has 0 radical (unpaired) electrons. The zero-order chi connectivity index (χ0) is 11.6. The second-order valence-electron chi connectivity index (χ2n) is 3.21. The van der Waals surface area contributed by atoms with Gasteiger partial charge in [0.15, 0.2) is 0 Å². The van der Waals surface area contributed by atoms with Gasteiger partial charge in [-0.1, -0.05) is 6.07 Å². The van der Waals surface area contributed by atoms with Gasteiger partial charge in [0.25, 0.3) is 5.92 Å². The first-order valence-corrected chi connectivity index (χ1v) is 5.44. The van der Waals surface area contributed by atoms with E-state index >= 15 is 0 Å². The van der Waals surface area contributed by atoms with Crippen LogP contribution in [0.5, 0.6) is 5.75 Å². The summed E-state index contributed by atoms with van der Waals surface area (Å²) >= 11 is 8.85. The molecule has 1 rings (SSSR count). The average molecular weight is 300 g/mol. The summed E-state index contributed by atoms with van der Waals surface area (Å²) in [5, 5.41) is -1.33. The summed E-state index contributed by atoms with van der Waals surface area (Å²) in [7, 11) is 1.51. The van der Waals surface area contributed by atoms with Crippen molar-refractivity contribution in [1.82, 2.24) is 0 Å². The second kappa shape index (κ2) is 4.66. The Morgan fingerprint density at radius 2 is 2.07 bits per heavy atom. The number of methoxy groups -OCH3 is 1. The first kappa shape index (κ1) is 12.7.